The standard InChI is InChI=1S/C14H17N3O3/c1-3-14(4-2,13(19)20)16-12(18)9-5-6-10-8-15-17-11(10)7-9/h5-8H,3-4H2,1-2H3,(H,15,17)(H,16,18)(H,19,20). The highest BCUT2D eigenvalue weighted by atomic mass is 16.4. The zero-order valence-corrected chi connectivity index (χ0v) is 11.4. The summed E-state index contributed by atoms with van der Waals surface area (Å²) in [5, 5.41) is 19.5. The molecule has 2 aromatic rings. The second kappa shape index (κ2) is 5.32. The smallest absolute Gasteiger partial charge is 0.329 e. The summed E-state index contributed by atoms with van der Waals surface area (Å²) in [6.45, 7) is 3.49. The quantitative estimate of drug-likeness (QED) is 0.777. The summed E-state index contributed by atoms with van der Waals surface area (Å²) in [7, 11) is 0. The predicted molar refractivity (Wildman–Crippen MR) is 74.5 cm³/mol. The van der Waals surface area contributed by atoms with Crippen molar-refractivity contribution in [2.24, 2.45) is 0 Å². The normalized spacial score (nSPS) is 11.5. The van der Waals surface area contributed by atoms with Gasteiger partial charge < -0.3 is 10.4 Å². The van der Waals surface area contributed by atoms with Crippen LogP contribution in [0, 0.1) is 0 Å². The first-order chi connectivity index (χ1) is 9.52. The van der Waals surface area contributed by atoms with Gasteiger partial charge in [-0.1, -0.05) is 19.9 Å². The van der Waals surface area contributed by atoms with E-state index >= 15 is 0 Å². The van der Waals surface area contributed by atoms with Crippen LogP contribution in [0.4, 0.5) is 0 Å². The minimum Gasteiger partial charge on any atom is -0.480 e. The lowest BCUT2D eigenvalue weighted by molar-refractivity contribution is -0.144. The molecule has 0 bridgehead atoms. The van der Waals surface area contributed by atoms with Gasteiger partial charge in [0, 0.05) is 10.9 Å². The van der Waals surface area contributed by atoms with Crippen LogP contribution in [0.15, 0.2) is 24.4 Å². The molecule has 2 rings (SSSR count). The highest BCUT2D eigenvalue weighted by Gasteiger charge is 2.36. The predicted octanol–water partition coefficient (Wildman–Crippen LogP) is 1.94. The molecule has 1 aromatic heterocycles. The van der Waals surface area contributed by atoms with E-state index in [0.717, 1.165) is 10.9 Å². The number of carbonyl (C=O) groups excluding carboxylic acids is 1. The molecule has 1 amide bonds. The topological polar surface area (TPSA) is 95.1 Å². The molecule has 106 valence electrons. The van der Waals surface area contributed by atoms with Crippen LogP contribution in [-0.4, -0.2) is 32.7 Å². The Labute approximate surface area is 116 Å². The van der Waals surface area contributed by atoms with Crippen molar-refractivity contribution in [2.75, 3.05) is 0 Å². The van der Waals surface area contributed by atoms with Crippen molar-refractivity contribution < 1.29 is 14.7 Å². The number of benzene rings is 1. The van der Waals surface area contributed by atoms with Gasteiger partial charge in [0.25, 0.3) is 5.91 Å². The lowest BCUT2D eigenvalue weighted by atomic mass is 9.92. The number of hydrogen-bond donors (Lipinski definition) is 3. The Bertz CT molecular complexity index is 644. The number of fused-ring (bicyclic) bond motifs is 1. The number of aromatic nitrogens is 2. The highest BCUT2D eigenvalue weighted by molar-refractivity contribution is 6.00. The summed E-state index contributed by atoms with van der Waals surface area (Å²) in [4.78, 5) is 23.6. The maximum Gasteiger partial charge on any atom is 0.329 e. The lowest BCUT2D eigenvalue weighted by Crippen LogP contribution is -2.53. The maximum atomic E-state index is 12.2. The van der Waals surface area contributed by atoms with Gasteiger partial charge in [-0.3, -0.25) is 9.89 Å². The molecular formula is C14H17N3O3. The molecule has 3 N–H and O–H groups in total. The number of aliphatic carboxylic acids is 1. The molecule has 0 aliphatic rings. The Morgan fingerprint density at radius 1 is 1.35 bits per heavy atom. The van der Waals surface area contributed by atoms with Gasteiger partial charge in [0.05, 0.1) is 11.7 Å². The molecule has 20 heavy (non-hydrogen) atoms. The van der Waals surface area contributed by atoms with Crippen molar-refractivity contribution in [2.45, 2.75) is 32.2 Å². The van der Waals surface area contributed by atoms with Crippen LogP contribution in [0.3, 0.4) is 0 Å². The third-order valence-electron chi connectivity index (χ3n) is 3.67. The van der Waals surface area contributed by atoms with Gasteiger partial charge in [0.1, 0.15) is 5.54 Å². The summed E-state index contributed by atoms with van der Waals surface area (Å²) in [6, 6.07) is 5.09. The van der Waals surface area contributed by atoms with Gasteiger partial charge in [-0.2, -0.15) is 5.10 Å². The van der Waals surface area contributed by atoms with Crippen LogP contribution in [-0.2, 0) is 4.79 Å². The van der Waals surface area contributed by atoms with E-state index < -0.39 is 17.4 Å². The molecule has 0 aliphatic carbocycles. The zero-order valence-electron chi connectivity index (χ0n) is 11.4. The van der Waals surface area contributed by atoms with E-state index in [2.05, 4.69) is 15.5 Å². The molecule has 6 heteroatoms. The van der Waals surface area contributed by atoms with E-state index in [0.29, 0.717) is 18.4 Å². The van der Waals surface area contributed by atoms with Crippen LogP contribution in [0.2, 0.25) is 0 Å². The summed E-state index contributed by atoms with van der Waals surface area (Å²) >= 11 is 0. The molecule has 6 nitrogen and oxygen atoms in total. The summed E-state index contributed by atoms with van der Waals surface area (Å²) in [5.41, 5.74) is -0.0686. The van der Waals surface area contributed by atoms with Crippen LogP contribution in [0.1, 0.15) is 37.0 Å². The number of aromatic amines is 1. The molecule has 0 spiro atoms. The number of nitrogens with one attached hydrogen (secondary N) is 2. The fourth-order valence-electron chi connectivity index (χ4n) is 2.15. The second-order valence-corrected chi connectivity index (χ2v) is 4.72. The van der Waals surface area contributed by atoms with E-state index in [1.54, 1.807) is 38.2 Å². The number of H-pyrrole nitrogens is 1. The van der Waals surface area contributed by atoms with Gasteiger partial charge in [0.15, 0.2) is 0 Å². The van der Waals surface area contributed by atoms with E-state index in [1.807, 2.05) is 0 Å². The summed E-state index contributed by atoms with van der Waals surface area (Å²) in [6.07, 6.45) is 2.32. The number of carboxylic acid groups (broad SMARTS) is 1. The number of hydrogen-bond acceptors (Lipinski definition) is 3. The van der Waals surface area contributed by atoms with Crippen molar-refractivity contribution in [3.05, 3.63) is 30.0 Å². The average molecular weight is 275 g/mol. The molecule has 0 radical (unpaired) electrons. The van der Waals surface area contributed by atoms with Gasteiger partial charge in [-0.05, 0) is 25.0 Å². The average Bonchev–Trinajstić information content (AvgIpc) is 2.91. The van der Waals surface area contributed by atoms with E-state index in [9.17, 15) is 14.7 Å². The van der Waals surface area contributed by atoms with Crippen molar-refractivity contribution in [1.82, 2.24) is 15.5 Å². The Morgan fingerprint density at radius 3 is 2.65 bits per heavy atom. The number of rotatable bonds is 5. The monoisotopic (exact) mass is 275 g/mol. The number of carboxylic acids is 1. The SMILES string of the molecule is CCC(CC)(NC(=O)c1ccc2cn[nH]c2c1)C(=O)O. The van der Waals surface area contributed by atoms with Gasteiger partial charge in [-0.25, -0.2) is 4.79 Å². The van der Waals surface area contributed by atoms with Crippen molar-refractivity contribution in [1.29, 1.82) is 0 Å². The van der Waals surface area contributed by atoms with E-state index in [1.165, 1.54) is 0 Å². The molecule has 0 fully saturated rings. The van der Waals surface area contributed by atoms with E-state index in [-0.39, 0.29) is 0 Å². The third kappa shape index (κ3) is 2.36. The maximum absolute atomic E-state index is 12.2. The number of carbonyl (C=O) groups is 2. The van der Waals surface area contributed by atoms with Crippen molar-refractivity contribution in [3.63, 3.8) is 0 Å². The first kappa shape index (κ1) is 14.0. The fraction of sp³-hybridized carbons (Fsp3) is 0.357. The van der Waals surface area contributed by atoms with Crippen LogP contribution in [0.5, 0.6) is 0 Å². The highest BCUT2D eigenvalue weighted by Crippen LogP contribution is 2.18. The lowest BCUT2D eigenvalue weighted by Gasteiger charge is -2.28. The number of amides is 1. The van der Waals surface area contributed by atoms with Crippen molar-refractivity contribution >= 4 is 22.8 Å². The molecule has 0 unspecified atom stereocenters. The summed E-state index contributed by atoms with van der Waals surface area (Å²) < 4.78 is 0. The fourth-order valence-corrected chi connectivity index (χ4v) is 2.15. The van der Waals surface area contributed by atoms with Crippen LogP contribution < -0.4 is 5.32 Å². The van der Waals surface area contributed by atoms with Crippen LogP contribution >= 0.6 is 0 Å². The van der Waals surface area contributed by atoms with E-state index in [4.69, 9.17) is 0 Å². The van der Waals surface area contributed by atoms with Gasteiger partial charge in [0.2, 0.25) is 0 Å². The van der Waals surface area contributed by atoms with Crippen LogP contribution in [0.25, 0.3) is 10.9 Å². The molecule has 0 saturated carbocycles. The Kier molecular flexibility index (Phi) is 3.74. The summed E-state index contributed by atoms with van der Waals surface area (Å²) in [5.74, 6) is -1.41. The second-order valence-electron chi connectivity index (χ2n) is 4.72. The molecule has 0 atom stereocenters. The Morgan fingerprint density at radius 2 is 2.05 bits per heavy atom. The molecular weight excluding hydrogens is 258 g/mol. The largest absolute Gasteiger partial charge is 0.480 e. The molecule has 0 aliphatic heterocycles. The van der Waals surface area contributed by atoms with Gasteiger partial charge >= 0.3 is 5.97 Å². The first-order valence-electron chi connectivity index (χ1n) is 6.51. The Hall–Kier alpha value is -2.37. The zero-order chi connectivity index (χ0) is 14.8. The number of nitrogens with zero attached hydrogens (tertiary/aromatic N) is 1. The van der Waals surface area contributed by atoms with Crippen molar-refractivity contribution in [3.8, 4) is 0 Å². The molecule has 0 saturated heterocycles. The Balaban J connectivity index is 2.28. The van der Waals surface area contributed by atoms with Gasteiger partial charge in [-0.15, -0.1) is 0 Å². The minimum absolute atomic E-state index is 0.330. The minimum atomic E-state index is -1.22. The first-order valence-corrected chi connectivity index (χ1v) is 6.51. The molecule has 1 heterocycles. The molecule has 1 aromatic carbocycles. The third-order valence-corrected chi connectivity index (χ3v) is 3.67.